The van der Waals surface area contributed by atoms with Gasteiger partial charge in [0.2, 0.25) is 0 Å². The van der Waals surface area contributed by atoms with E-state index in [1.54, 1.807) is 6.07 Å². The minimum atomic E-state index is -0.289. The molecule has 31 heavy (non-hydrogen) atoms. The van der Waals surface area contributed by atoms with Crippen LogP contribution in [0.2, 0.25) is 0 Å². The van der Waals surface area contributed by atoms with Crippen molar-refractivity contribution in [3.05, 3.63) is 45.8 Å². The maximum absolute atomic E-state index is 14.8. The Hall–Kier alpha value is -2.78. The van der Waals surface area contributed by atoms with Crippen LogP contribution in [0.4, 0.5) is 15.9 Å². The van der Waals surface area contributed by atoms with Crippen molar-refractivity contribution in [2.75, 3.05) is 36.8 Å². The van der Waals surface area contributed by atoms with E-state index in [2.05, 4.69) is 20.6 Å². The van der Waals surface area contributed by atoms with Crippen LogP contribution in [0, 0.1) is 12.7 Å². The molecule has 1 unspecified atom stereocenters. The molecule has 1 fully saturated rings. The molecule has 1 aliphatic heterocycles. The summed E-state index contributed by atoms with van der Waals surface area (Å²) in [6, 6.07) is 5.31. The third-order valence-electron chi connectivity index (χ3n) is 6.01. The molecule has 1 aliphatic carbocycles. The van der Waals surface area contributed by atoms with Gasteiger partial charge in [-0.1, -0.05) is 0 Å². The van der Waals surface area contributed by atoms with E-state index in [1.165, 1.54) is 11.3 Å². The van der Waals surface area contributed by atoms with Crippen LogP contribution in [0.15, 0.2) is 18.2 Å². The van der Waals surface area contributed by atoms with Crippen molar-refractivity contribution in [1.82, 2.24) is 20.6 Å². The van der Waals surface area contributed by atoms with Crippen molar-refractivity contribution in [3.63, 3.8) is 0 Å². The fourth-order valence-electron chi connectivity index (χ4n) is 4.36. The van der Waals surface area contributed by atoms with Crippen molar-refractivity contribution >= 4 is 39.0 Å². The van der Waals surface area contributed by atoms with E-state index in [4.69, 9.17) is 5.73 Å². The molecule has 3 aromatic heterocycles. The summed E-state index contributed by atoms with van der Waals surface area (Å²) in [5.41, 5.74) is 9.38. The zero-order valence-corrected chi connectivity index (χ0v) is 18.2. The number of aromatic nitrogens is 2. The van der Waals surface area contributed by atoms with Crippen LogP contribution in [0.25, 0.3) is 10.2 Å². The van der Waals surface area contributed by atoms with Crippen LogP contribution in [0.5, 0.6) is 0 Å². The molecule has 9 heteroatoms. The molecule has 3 aromatic rings. The average Bonchev–Trinajstić information content (AvgIpc) is 3.09. The second kappa shape index (κ2) is 8.05. The van der Waals surface area contributed by atoms with Gasteiger partial charge in [0.1, 0.15) is 9.71 Å². The lowest BCUT2D eigenvalue weighted by atomic mass is 9.91. The lowest BCUT2D eigenvalue weighted by Crippen LogP contribution is -2.44. The summed E-state index contributed by atoms with van der Waals surface area (Å²) in [5.74, 6) is -0.0381. The minimum absolute atomic E-state index is 0.0782. The number of carbonyl (C=O) groups excluding carboxylic acids is 1. The van der Waals surface area contributed by atoms with E-state index in [9.17, 15) is 9.18 Å². The van der Waals surface area contributed by atoms with Crippen molar-refractivity contribution in [1.29, 1.82) is 0 Å². The number of aryl methyl sites for hydroxylation is 2. The Labute approximate surface area is 183 Å². The molecule has 0 spiro atoms. The highest BCUT2D eigenvalue weighted by Gasteiger charge is 2.27. The maximum Gasteiger partial charge on any atom is 0.263 e. The first-order valence-electron chi connectivity index (χ1n) is 10.6. The summed E-state index contributed by atoms with van der Waals surface area (Å²) in [6.07, 6.45) is 2.04. The fourth-order valence-corrected chi connectivity index (χ4v) is 5.40. The number of nitrogen functional groups attached to an aromatic ring is 1. The lowest BCUT2D eigenvalue weighted by molar-refractivity contribution is 0.0938. The number of anilines is 2. The molecule has 5 rings (SSSR count). The number of nitrogens with zero attached hydrogens (tertiary/aromatic N) is 3. The SMILES string of the molecule is Cc1ccc2c(N)c(C(=O)NC3CCc4nc(N5CCNCC5)c(F)cc4C3)sc2n1. The van der Waals surface area contributed by atoms with Crippen LogP contribution in [-0.4, -0.2) is 48.1 Å². The van der Waals surface area contributed by atoms with Crippen molar-refractivity contribution in [2.24, 2.45) is 0 Å². The molecule has 4 N–H and O–H groups in total. The third kappa shape index (κ3) is 3.83. The largest absolute Gasteiger partial charge is 0.397 e. The Bertz CT molecular complexity index is 1160. The predicted octanol–water partition coefficient (Wildman–Crippen LogP) is 2.42. The van der Waals surface area contributed by atoms with Gasteiger partial charge in [0.05, 0.1) is 5.69 Å². The van der Waals surface area contributed by atoms with Gasteiger partial charge < -0.3 is 21.3 Å². The van der Waals surface area contributed by atoms with Crippen LogP contribution >= 0.6 is 11.3 Å². The Morgan fingerprint density at radius 3 is 2.94 bits per heavy atom. The van der Waals surface area contributed by atoms with E-state index < -0.39 is 0 Å². The first-order valence-corrected chi connectivity index (χ1v) is 11.4. The number of hydrogen-bond acceptors (Lipinski definition) is 7. The second-order valence-corrected chi connectivity index (χ2v) is 9.20. The van der Waals surface area contributed by atoms with Gasteiger partial charge in [-0.05, 0) is 49.9 Å². The highest BCUT2D eigenvalue weighted by atomic mass is 32.1. The van der Waals surface area contributed by atoms with E-state index in [0.29, 0.717) is 29.2 Å². The van der Waals surface area contributed by atoms with Crippen LogP contribution < -0.4 is 21.3 Å². The van der Waals surface area contributed by atoms with Gasteiger partial charge in [-0.25, -0.2) is 14.4 Å². The molecular weight excluding hydrogens is 415 g/mol. The van der Waals surface area contributed by atoms with Gasteiger partial charge in [-0.3, -0.25) is 4.79 Å². The first-order chi connectivity index (χ1) is 15.0. The van der Waals surface area contributed by atoms with E-state index in [1.807, 2.05) is 24.0 Å². The van der Waals surface area contributed by atoms with Crippen LogP contribution in [0.3, 0.4) is 0 Å². The van der Waals surface area contributed by atoms with Gasteiger partial charge >= 0.3 is 0 Å². The molecule has 1 atom stereocenters. The highest BCUT2D eigenvalue weighted by Crippen LogP contribution is 2.33. The number of rotatable bonds is 3. The Kier molecular flexibility index (Phi) is 5.23. The number of fused-ring (bicyclic) bond motifs is 2. The number of nitrogens with one attached hydrogen (secondary N) is 2. The van der Waals surface area contributed by atoms with Crippen LogP contribution in [0.1, 0.15) is 33.0 Å². The number of amides is 1. The predicted molar refractivity (Wildman–Crippen MR) is 121 cm³/mol. The van der Waals surface area contributed by atoms with Crippen molar-refractivity contribution in [2.45, 2.75) is 32.2 Å². The smallest absolute Gasteiger partial charge is 0.263 e. The Morgan fingerprint density at radius 2 is 2.13 bits per heavy atom. The molecule has 0 bridgehead atoms. The standard InChI is InChI=1S/C22H25FN6OS/c1-12-2-4-15-18(24)19(31-22(15)26-12)21(30)27-14-3-5-17-13(10-14)11-16(23)20(28-17)29-8-6-25-7-9-29/h2,4,11,14,25H,3,5-10,24H2,1H3,(H,27,30). The molecule has 1 amide bonds. The lowest BCUT2D eigenvalue weighted by Gasteiger charge is -2.31. The van der Waals surface area contributed by atoms with Gasteiger partial charge in [-0.15, -0.1) is 11.3 Å². The number of thiophene rings is 1. The third-order valence-corrected chi connectivity index (χ3v) is 7.13. The molecule has 0 radical (unpaired) electrons. The summed E-state index contributed by atoms with van der Waals surface area (Å²) in [7, 11) is 0. The molecule has 4 heterocycles. The average molecular weight is 441 g/mol. The molecule has 2 aliphatic rings. The van der Waals surface area contributed by atoms with Gasteiger partial charge in [0.25, 0.3) is 5.91 Å². The Morgan fingerprint density at radius 1 is 1.32 bits per heavy atom. The zero-order valence-electron chi connectivity index (χ0n) is 17.4. The van der Waals surface area contributed by atoms with Gasteiger partial charge in [-0.2, -0.15) is 0 Å². The van der Waals surface area contributed by atoms with E-state index >= 15 is 0 Å². The normalized spacial score (nSPS) is 18.8. The van der Waals surface area contributed by atoms with E-state index in [-0.39, 0.29) is 17.8 Å². The first kappa shape index (κ1) is 20.1. The van der Waals surface area contributed by atoms with Gasteiger partial charge in [0, 0.05) is 49.0 Å². The monoisotopic (exact) mass is 440 g/mol. The molecule has 0 aromatic carbocycles. The number of hydrogen-bond donors (Lipinski definition) is 3. The minimum Gasteiger partial charge on any atom is -0.397 e. The summed E-state index contributed by atoms with van der Waals surface area (Å²) < 4.78 is 14.8. The molecule has 0 saturated carbocycles. The van der Waals surface area contributed by atoms with Gasteiger partial charge in [0.15, 0.2) is 11.6 Å². The summed E-state index contributed by atoms with van der Waals surface area (Å²) in [6.45, 7) is 5.10. The maximum atomic E-state index is 14.8. The highest BCUT2D eigenvalue weighted by molar-refractivity contribution is 7.21. The molecular formula is C22H25FN6OS. The summed E-state index contributed by atoms with van der Waals surface area (Å²) >= 11 is 1.31. The number of carbonyl (C=O) groups is 1. The van der Waals surface area contributed by atoms with Crippen molar-refractivity contribution < 1.29 is 9.18 Å². The summed E-state index contributed by atoms with van der Waals surface area (Å²) in [4.78, 5) is 25.3. The molecule has 162 valence electrons. The topological polar surface area (TPSA) is 96.2 Å². The van der Waals surface area contributed by atoms with E-state index in [0.717, 1.165) is 59.8 Å². The quantitative estimate of drug-likeness (QED) is 0.579. The number of nitrogens with two attached hydrogens (primary N) is 1. The zero-order chi connectivity index (χ0) is 21.5. The fraction of sp³-hybridized carbons (Fsp3) is 0.409. The van der Waals surface area contributed by atoms with Crippen LogP contribution in [-0.2, 0) is 12.8 Å². The Balaban J connectivity index is 1.32. The summed E-state index contributed by atoms with van der Waals surface area (Å²) in [5, 5.41) is 7.17. The number of piperazine rings is 1. The number of pyridine rings is 2. The molecule has 1 saturated heterocycles. The molecule has 7 nitrogen and oxygen atoms in total. The van der Waals surface area contributed by atoms with Crippen molar-refractivity contribution in [3.8, 4) is 0 Å². The second-order valence-electron chi connectivity index (χ2n) is 8.20. The number of halogens is 1.